The number of likely N-dealkylation sites (N-methyl/N-ethyl adjacent to an activating group) is 1. The van der Waals surface area contributed by atoms with Gasteiger partial charge >= 0.3 is 0 Å². The predicted octanol–water partition coefficient (Wildman–Crippen LogP) is 4.06. The van der Waals surface area contributed by atoms with E-state index in [0.29, 0.717) is 5.95 Å². The van der Waals surface area contributed by atoms with Crippen molar-refractivity contribution < 1.29 is 0 Å². The summed E-state index contributed by atoms with van der Waals surface area (Å²) in [6.07, 6.45) is 6.32. The van der Waals surface area contributed by atoms with E-state index in [4.69, 9.17) is 0 Å². The first-order valence-corrected chi connectivity index (χ1v) is 8.46. The van der Waals surface area contributed by atoms with E-state index in [1.807, 2.05) is 66.8 Å². The minimum Gasteiger partial charge on any atom is -0.343 e. The minimum atomic E-state index is 0.695. The average Bonchev–Trinajstić information content (AvgIpc) is 2.63. The second-order valence-corrected chi connectivity index (χ2v) is 6.23. The molecule has 0 saturated carbocycles. The van der Waals surface area contributed by atoms with Crippen molar-refractivity contribution in [3.63, 3.8) is 0 Å². The van der Waals surface area contributed by atoms with Crippen LogP contribution in [-0.4, -0.2) is 28.5 Å². The van der Waals surface area contributed by atoms with E-state index in [9.17, 15) is 0 Å². The van der Waals surface area contributed by atoms with Crippen LogP contribution in [0.1, 0.15) is 5.56 Å². The van der Waals surface area contributed by atoms with Crippen molar-refractivity contribution in [2.24, 2.45) is 0 Å². The first-order valence-electron chi connectivity index (χ1n) is 7.67. The summed E-state index contributed by atoms with van der Waals surface area (Å²) in [7, 11) is 2.00. The number of nitrogens with one attached hydrogen (secondary N) is 1. The third-order valence-electron chi connectivity index (χ3n) is 3.61. The van der Waals surface area contributed by atoms with Crippen LogP contribution in [0.25, 0.3) is 0 Å². The summed E-state index contributed by atoms with van der Waals surface area (Å²) in [4.78, 5) is 15.0. The van der Waals surface area contributed by atoms with Gasteiger partial charge in [-0.05, 0) is 58.2 Å². The number of anilines is 3. The van der Waals surface area contributed by atoms with E-state index >= 15 is 0 Å². The molecule has 3 aromatic rings. The zero-order chi connectivity index (χ0) is 16.8. The monoisotopic (exact) mass is 383 g/mol. The van der Waals surface area contributed by atoms with Gasteiger partial charge in [-0.3, -0.25) is 4.98 Å². The molecule has 24 heavy (non-hydrogen) atoms. The highest BCUT2D eigenvalue weighted by molar-refractivity contribution is 9.10. The lowest BCUT2D eigenvalue weighted by atomic mass is 10.2. The van der Waals surface area contributed by atoms with E-state index in [1.54, 1.807) is 6.20 Å². The maximum absolute atomic E-state index is 4.59. The molecule has 0 aliphatic rings. The van der Waals surface area contributed by atoms with E-state index in [2.05, 4.69) is 36.2 Å². The number of hydrogen-bond donors (Lipinski definition) is 1. The van der Waals surface area contributed by atoms with Crippen LogP contribution in [-0.2, 0) is 6.42 Å². The van der Waals surface area contributed by atoms with Crippen LogP contribution in [0, 0.1) is 0 Å². The number of nitrogens with zero attached hydrogens (tertiary/aromatic N) is 4. The predicted molar refractivity (Wildman–Crippen MR) is 101 cm³/mol. The van der Waals surface area contributed by atoms with Crippen molar-refractivity contribution in [2.45, 2.75) is 6.42 Å². The molecule has 1 N–H and O–H groups in total. The highest BCUT2D eigenvalue weighted by Crippen LogP contribution is 2.24. The Morgan fingerprint density at radius 3 is 2.62 bits per heavy atom. The number of halogens is 1. The normalized spacial score (nSPS) is 10.4. The maximum Gasteiger partial charge on any atom is 0.227 e. The molecule has 0 amide bonds. The summed E-state index contributed by atoms with van der Waals surface area (Å²) >= 11 is 3.53. The standard InChI is InChI=1S/C18H18BrN5/c1-24(13-9-14-6-10-20-11-7-14)18-21-12-8-17(23-18)22-16-5-3-2-4-15(16)19/h2-8,10-12H,9,13H2,1H3,(H,21,22,23). The second-order valence-electron chi connectivity index (χ2n) is 5.37. The van der Waals surface area contributed by atoms with Crippen LogP contribution in [0.2, 0.25) is 0 Å². The fourth-order valence-electron chi connectivity index (χ4n) is 2.25. The van der Waals surface area contributed by atoms with Crippen LogP contribution in [0.15, 0.2) is 65.5 Å². The van der Waals surface area contributed by atoms with Gasteiger partial charge in [-0.25, -0.2) is 4.98 Å². The quantitative estimate of drug-likeness (QED) is 0.695. The summed E-state index contributed by atoms with van der Waals surface area (Å²) in [5.74, 6) is 1.46. The summed E-state index contributed by atoms with van der Waals surface area (Å²) in [6, 6.07) is 13.9. The van der Waals surface area contributed by atoms with Crippen molar-refractivity contribution in [3.05, 3.63) is 71.1 Å². The fraction of sp³-hybridized carbons (Fsp3) is 0.167. The topological polar surface area (TPSA) is 53.9 Å². The summed E-state index contributed by atoms with van der Waals surface area (Å²) in [5.41, 5.74) is 2.22. The van der Waals surface area contributed by atoms with Gasteiger partial charge in [0, 0.05) is 36.7 Å². The summed E-state index contributed by atoms with van der Waals surface area (Å²) in [6.45, 7) is 0.836. The van der Waals surface area contributed by atoms with Crippen LogP contribution in [0.4, 0.5) is 17.5 Å². The van der Waals surface area contributed by atoms with Gasteiger partial charge in [-0.15, -0.1) is 0 Å². The molecule has 0 saturated heterocycles. The molecule has 0 spiro atoms. The molecule has 0 atom stereocenters. The van der Waals surface area contributed by atoms with Crippen molar-refractivity contribution in [1.29, 1.82) is 0 Å². The molecule has 2 aromatic heterocycles. The first kappa shape index (κ1) is 16.4. The van der Waals surface area contributed by atoms with E-state index in [0.717, 1.165) is 28.9 Å². The lowest BCUT2D eigenvalue weighted by molar-refractivity contribution is 0.837. The van der Waals surface area contributed by atoms with Crippen LogP contribution in [0.3, 0.4) is 0 Å². The van der Waals surface area contributed by atoms with Crippen LogP contribution >= 0.6 is 15.9 Å². The molecule has 2 heterocycles. The van der Waals surface area contributed by atoms with Gasteiger partial charge in [0.25, 0.3) is 0 Å². The Bertz CT molecular complexity index is 794. The Labute approximate surface area is 149 Å². The number of rotatable bonds is 6. The molecule has 122 valence electrons. The SMILES string of the molecule is CN(CCc1ccncc1)c1nccc(Nc2ccccc2Br)n1. The summed E-state index contributed by atoms with van der Waals surface area (Å²) in [5, 5.41) is 3.31. The lowest BCUT2D eigenvalue weighted by Gasteiger charge is -2.18. The number of benzene rings is 1. The molecule has 0 aliphatic carbocycles. The van der Waals surface area contributed by atoms with Crippen molar-refractivity contribution >= 4 is 33.4 Å². The van der Waals surface area contributed by atoms with E-state index in [1.165, 1.54) is 5.56 Å². The van der Waals surface area contributed by atoms with Crippen LogP contribution in [0.5, 0.6) is 0 Å². The Morgan fingerprint density at radius 2 is 1.83 bits per heavy atom. The first-order chi connectivity index (χ1) is 11.7. The maximum atomic E-state index is 4.59. The third-order valence-corrected chi connectivity index (χ3v) is 4.30. The third kappa shape index (κ3) is 4.29. The van der Waals surface area contributed by atoms with Gasteiger partial charge in [0.05, 0.1) is 5.69 Å². The highest BCUT2D eigenvalue weighted by atomic mass is 79.9. The summed E-state index contributed by atoms with van der Waals surface area (Å²) < 4.78 is 0.996. The number of hydrogen-bond acceptors (Lipinski definition) is 5. The number of para-hydroxylation sites is 1. The van der Waals surface area contributed by atoms with Crippen molar-refractivity contribution in [3.8, 4) is 0 Å². The van der Waals surface area contributed by atoms with Gasteiger partial charge in [-0.1, -0.05) is 12.1 Å². The zero-order valence-electron chi connectivity index (χ0n) is 13.4. The Balaban J connectivity index is 1.67. The molecule has 0 unspecified atom stereocenters. The Hall–Kier alpha value is -2.47. The van der Waals surface area contributed by atoms with E-state index < -0.39 is 0 Å². The van der Waals surface area contributed by atoms with Crippen molar-refractivity contribution in [2.75, 3.05) is 23.8 Å². The van der Waals surface area contributed by atoms with Gasteiger partial charge in [0.15, 0.2) is 0 Å². The molecule has 6 heteroatoms. The smallest absolute Gasteiger partial charge is 0.227 e. The molecule has 1 aromatic carbocycles. The van der Waals surface area contributed by atoms with Gasteiger partial charge < -0.3 is 10.2 Å². The molecule has 0 bridgehead atoms. The lowest BCUT2D eigenvalue weighted by Crippen LogP contribution is -2.22. The Morgan fingerprint density at radius 1 is 1.04 bits per heavy atom. The second kappa shape index (κ2) is 7.88. The minimum absolute atomic E-state index is 0.695. The fourth-order valence-corrected chi connectivity index (χ4v) is 2.63. The molecular formula is C18H18BrN5. The molecule has 5 nitrogen and oxygen atoms in total. The number of aromatic nitrogens is 3. The van der Waals surface area contributed by atoms with Crippen LogP contribution < -0.4 is 10.2 Å². The highest BCUT2D eigenvalue weighted by Gasteiger charge is 2.07. The molecule has 3 rings (SSSR count). The molecule has 0 radical (unpaired) electrons. The average molecular weight is 384 g/mol. The Kier molecular flexibility index (Phi) is 5.38. The molecule has 0 fully saturated rings. The molecular weight excluding hydrogens is 366 g/mol. The zero-order valence-corrected chi connectivity index (χ0v) is 14.9. The largest absolute Gasteiger partial charge is 0.343 e. The van der Waals surface area contributed by atoms with Gasteiger partial charge in [-0.2, -0.15) is 4.98 Å². The van der Waals surface area contributed by atoms with E-state index in [-0.39, 0.29) is 0 Å². The van der Waals surface area contributed by atoms with Gasteiger partial charge in [0.1, 0.15) is 5.82 Å². The van der Waals surface area contributed by atoms with Gasteiger partial charge in [0.2, 0.25) is 5.95 Å². The molecule has 0 aliphatic heterocycles. The van der Waals surface area contributed by atoms with Crippen molar-refractivity contribution in [1.82, 2.24) is 15.0 Å². The number of pyridine rings is 1.